The number of rotatable bonds is 6. The molecule has 1 aromatic carbocycles. The molecule has 0 bridgehead atoms. The van der Waals surface area contributed by atoms with E-state index < -0.39 is 0 Å². The second-order valence-electron chi connectivity index (χ2n) is 4.57. The summed E-state index contributed by atoms with van der Waals surface area (Å²) in [7, 11) is 1.84. The van der Waals surface area contributed by atoms with Gasteiger partial charge in [0.1, 0.15) is 0 Å². The number of ether oxygens (including phenoxy) is 2. The summed E-state index contributed by atoms with van der Waals surface area (Å²) in [6.45, 7) is 2.01. The van der Waals surface area contributed by atoms with E-state index in [-0.39, 0.29) is 11.9 Å². The van der Waals surface area contributed by atoms with Gasteiger partial charge in [-0.25, -0.2) is 4.39 Å². The predicted molar refractivity (Wildman–Crippen MR) is 68.2 cm³/mol. The Morgan fingerprint density at radius 3 is 3.06 bits per heavy atom. The number of halogens is 1. The molecule has 4 heteroatoms. The molecule has 18 heavy (non-hydrogen) atoms. The van der Waals surface area contributed by atoms with E-state index in [9.17, 15) is 4.39 Å². The molecule has 1 aliphatic heterocycles. The van der Waals surface area contributed by atoms with Gasteiger partial charge < -0.3 is 14.8 Å². The minimum atomic E-state index is -0.296. The number of nitrogens with one attached hydrogen (secondary N) is 1. The summed E-state index contributed by atoms with van der Waals surface area (Å²) in [5.74, 6) is 0.0305. The molecule has 0 amide bonds. The lowest BCUT2D eigenvalue weighted by molar-refractivity contribution is 0.0897. The third-order valence-corrected chi connectivity index (χ3v) is 3.10. The zero-order valence-corrected chi connectivity index (χ0v) is 10.7. The van der Waals surface area contributed by atoms with Crippen LogP contribution in [0.5, 0.6) is 5.75 Å². The van der Waals surface area contributed by atoms with Gasteiger partial charge in [0.05, 0.1) is 12.7 Å². The van der Waals surface area contributed by atoms with Gasteiger partial charge in [-0.3, -0.25) is 0 Å². The third kappa shape index (κ3) is 3.68. The van der Waals surface area contributed by atoms with E-state index in [1.807, 2.05) is 13.1 Å². The molecule has 1 atom stereocenters. The van der Waals surface area contributed by atoms with Crippen LogP contribution in [-0.4, -0.2) is 26.4 Å². The van der Waals surface area contributed by atoms with E-state index in [1.165, 1.54) is 6.07 Å². The van der Waals surface area contributed by atoms with Crippen LogP contribution in [0, 0.1) is 5.82 Å². The summed E-state index contributed by atoms with van der Waals surface area (Å²) in [5.41, 5.74) is 0.918. The Balaban J connectivity index is 1.81. The summed E-state index contributed by atoms with van der Waals surface area (Å²) in [5, 5.41) is 2.99. The van der Waals surface area contributed by atoms with Crippen molar-refractivity contribution in [3.63, 3.8) is 0 Å². The standard InChI is InChI=1S/C14H20FNO2/c1-16-10-11-4-5-14(13(15)9-11)18-8-6-12-3-2-7-17-12/h4-5,9,12,16H,2-3,6-8,10H2,1H3. The zero-order valence-electron chi connectivity index (χ0n) is 10.7. The molecule has 1 heterocycles. The van der Waals surface area contributed by atoms with Crippen LogP contribution in [-0.2, 0) is 11.3 Å². The largest absolute Gasteiger partial charge is 0.490 e. The summed E-state index contributed by atoms with van der Waals surface area (Å²) in [4.78, 5) is 0. The molecule has 1 aromatic rings. The first-order chi connectivity index (χ1) is 8.79. The number of benzene rings is 1. The topological polar surface area (TPSA) is 30.5 Å². The zero-order chi connectivity index (χ0) is 12.8. The van der Waals surface area contributed by atoms with Gasteiger partial charge in [0, 0.05) is 19.6 Å². The van der Waals surface area contributed by atoms with Crippen LogP contribution in [0.4, 0.5) is 4.39 Å². The van der Waals surface area contributed by atoms with Crippen molar-refractivity contribution in [3.8, 4) is 5.75 Å². The second-order valence-corrected chi connectivity index (χ2v) is 4.57. The van der Waals surface area contributed by atoms with Gasteiger partial charge in [-0.1, -0.05) is 6.07 Å². The van der Waals surface area contributed by atoms with Crippen molar-refractivity contribution < 1.29 is 13.9 Å². The van der Waals surface area contributed by atoms with Crippen LogP contribution < -0.4 is 10.1 Å². The average molecular weight is 253 g/mol. The maximum atomic E-state index is 13.7. The lowest BCUT2D eigenvalue weighted by Gasteiger charge is -2.11. The molecule has 1 aliphatic rings. The van der Waals surface area contributed by atoms with Gasteiger partial charge in [0.25, 0.3) is 0 Å². The fourth-order valence-electron chi connectivity index (χ4n) is 2.15. The van der Waals surface area contributed by atoms with E-state index in [2.05, 4.69) is 5.32 Å². The maximum absolute atomic E-state index is 13.7. The van der Waals surface area contributed by atoms with Gasteiger partial charge in [0.15, 0.2) is 11.6 Å². The highest BCUT2D eigenvalue weighted by Crippen LogP contribution is 2.20. The fraction of sp³-hybridized carbons (Fsp3) is 0.571. The minimum absolute atomic E-state index is 0.289. The van der Waals surface area contributed by atoms with Crippen LogP contribution in [0.3, 0.4) is 0 Å². The van der Waals surface area contributed by atoms with Crippen LogP contribution in [0.2, 0.25) is 0 Å². The Morgan fingerprint density at radius 1 is 1.50 bits per heavy atom. The van der Waals surface area contributed by atoms with Crippen molar-refractivity contribution in [3.05, 3.63) is 29.6 Å². The Morgan fingerprint density at radius 2 is 2.39 bits per heavy atom. The quantitative estimate of drug-likeness (QED) is 0.845. The Labute approximate surface area is 107 Å². The maximum Gasteiger partial charge on any atom is 0.165 e. The van der Waals surface area contributed by atoms with Crippen molar-refractivity contribution in [1.29, 1.82) is 0 Å². The molecule has 1 unspecified atom stereocenters. The van der Waals surface area contributed by atoms with Crippen molar-refractivity contribution in [2.75, 3.05) is 20.3 Å². The van der Waals surface area contributed by atoms with Crippen LogP contribution in [0.1, 0.15) is 24.8 Å². The summed E-state index contributed by atoms with van der Waals surface area (Å²) in [6.07, 6.45) is 3.33. The van der Waals surface area contributed by atoms with Gasteiger partial charge in [-0.05, 0) is 37.6 Å². The molecule has 1 saturated heterocycles. The van der Waals surface area contributed by atoms with Crippen molar-refractivity contribution in [2.24, 2.45) is 0 Å². The van der Waals surface area contributed by atoms with Crippen LogP contribution in [0.15, 0.2) is 18.2 Å². The lowest BCUT2D eigenvalue weighted by atomic mass is 10.2. The van der Waals surface area contributed by atoms with E-state index >= 15 is 0 Å². The molecule has 3 nitrogen and oxygen atoms in total. The molecular weight excluding hydrogens is 233 g/mol. The molecule has 0 spiro atoms. The summed E-state index contributed by atoms with van der Waals surface area (Å²) >= 11 is 0. The Kier molecular flexibility index (Phi) is 4.96. The molecule has 1 fully saturated rings. The summed E-state index contributed by atoms with van der Waals surface area (Å²) < 4.78 is 24.6. The highest BCUT2D eigenvalue weighted by Gasteiger charge is 2.15. The summed E-state index contributed by atoms with van der Waals surface area (Å²) in [6, 6.07) is 5.08. The smallest absolute Gasteiger partial charge is 0.165 e. The van der Waals surface area contributed by atoms with Gasteiger partial charge >= 0.3 is 0 Å². The molecule has 1 N–H and O–H groups in total. The third-order valence-electron chi connectivity index (χ3n) is 3.10. The highest BCUT2D eigenvalue weighted by molar-refractivity contribution is 5.29. The first-order valence-electron chi connectivity index (χ1n) is 6.47. The van der Waals surface area contributed by atoms with E-state index in [0.717, 1.165) is 31.4 Å². The van der Waals surface area contributed by atoms with Crippen LogP contribution >= 0.6 is 0 Å². The van der Waals surface area contributed by atoms with E-state index in [4.69, 9.17) is 9.47 Å². The first kappa shape index (κ1) is 13.3. The highest BCUT2D eigenvalue weighted by atomic mass is 19.1. The van der Waals surface area contributed by atoms with Crippen molar-refractivity contribution in [1.82, 2.24) is 5.32 Å². The Hall–Kier alpha value is -1.13. The second kappa shape index (κ2) is 6.71. The van der Waals surface area contributed by atoms with Crippen LogP contribution in [0.25, 0.3) is 0 Å². The average Bonchev–Trinajstić information content (AvgIpc) is 2.85. The predicted octanol–water partition coefficient (Wildman–Crippen LogP) is 2.49. The SMILES string of the molecule is CNCc1ccc(OCCC2CCCO2)c(F)c1. The van der Waals surface area contributed by atoms with Gasteiger partial charge in [0.2, 0.25) is 0 Å². The first-order valence-corrected chi connectivity index (χ1v) is 6.47. The molecule has 100 valence electrons. The van der Waals surface area contributed by atoms with Crippen molar-refractivity contribution in [2.45, 2.75) is 31.9 Å². The molecule has 0 aromatic heterocycles. The van der Waals surface area contributed by atoms with Crippen molar-refractivity contribution >= 4 is 0 Å². The number of hydrogen-bond acceptors (Lipinski definition) is 3. The molecular formula is C14H20FNO2. The minimum Gasteiger partial charge on any atom is -0.490 e. The van der Waals surface area contributed by atoms with Gasteiger partial charge in [-0.15, -0.1) is 0 Å². The fourth-order valence-corrected chi connectivity index (χ4v) is 2.15. The van der Waals surface area contributed by atoms with E-state index in [1.54, 1.807) is 6.07 Å². The lowest BCUT2D eigenvalue weighted by Crippen LogP contribution is -2.11. The molecule has 0 aliphatic carbocycles. The monoisotopic (exact) mass is 253 g/mol. The van der Waals surface area contributed by atoms with E-state index in [0.29, 0.717) is 18.9 Å². The number of hydrogen-bond donors (Lipinski definition) is 1. The molecule has 0 saturated carbocycles. The van der Waals surface area contributed by atoms with Gasteiger partial charge in [-0.2, -0.15) is 0 Å². The normalized spacial score (nSPS) is 19.1. The molecule has 2 rings (SSSR count). The molecule has 0 radical (unpaired) electrons. The Bertz CT molecular complexity index is 378.